The number of urea groups is 1. The second kappa shape index (κ2) is 6.53. The summed E-state index contributed by atoms with van der Waals surface area (Å²) in [7, 11) is 3.18. The molecule has 0 aliphatic carbocycles. The number of rotatable bonds is 2. The largest absolute Gasteiger partial charge is 0.497 e. The highest BCUT2D eigenvalue weighted by molar-refractivity contribution is 5.69. The molecule has 0 saturated carbocycles. The monoisotopic (exact) mass is 199 g/mol. The molecule has 0 spiro atoms. The van der Waals surface area contributed by atoms with E-state index >= 15 is 0 Å². The Hall–Kier alpha value is -1.98. The Bertz CT molecular complexity index is 268. The lowest BCUT2D eigenvalue weighted by atomic mass is 10.4. The normalized spacial score (nSPS) is 8.14. The van der Waals surface area contributed by atoms with Gasteiger partial charge in [-0.3, -0.25) is 0 Å². The van der Waals surface area contributed by atoms with Crippen LogP contribution in [0, 0.1) is 0 Å². The maximum absolute atomic E-state index is 9.00. The van der Waals surface area contributed by atoms with Gasteiger partial charge in [-0.25, -0.2) is 9.78 Å². The first-order valence-electron chi connectivity index (χ1n) is 3.69. The van der Waals surface area contributed by atoms with Gasteiger partial charge in [-0.2, -0.15) is 0 Å². The summed E-state index contributed by atoms with van der Waals surface area (Å²) in [6, 6.07) is 2.66. The van der Waals surface area contributed by atoms with E-state index in [1.165, 1.54) is 0 Å². The lowest BCUT2D eigenvalue weighted by Gasteiger charge is -2.00. The Morgan fingerprint density at radius 1 is 1.36 bits per heavy atom. The molecule has 1 rings (SSSR count). The summed E-state index contributed by atoms with van der Waals surface area (Å²) in [6.07, 6.45) is 1.64. The highest BCUT2D eigenvalue weighted by atomic mass is 16.5. The summed E-state index contributed by atoms with van der Waals surface area (Å²) in [5.74, 6) is 1.33. The summed E-state index contributed by atoms with van der Waals surface area (Å²) in [5, 5.41) is 0. The fraction of sp³-hybridized carbons (Fsp3) is 0.250. The van der Waals surface area contributed by atoms with Crippen LogP contribution in [0.1, 0.15) is 0 Å². The van der Waals surface area contributed by atoms with E-state index in [4.69, 9.17) is 14.3 Å². The fourth-order valence-corrected chi connectivity index (χ4v) is 0.630. The Kier molecular flexibility index (Phi) is 5.60. The molecule has 1 aromatic heterocycles. The molecule has 1 heterocycles. The molecule has 6 heteroatoms. The summed E-state index contributed by atoms with van der Waals surface area (Å²) in [6.45, 7) is 0. The molecule has 0 bridgehead atoms. The van der Waals surface area contributed by atoms with Crippen molar-refractivity contribution in [2.24, 2.45) is 11.5 Å². The SMILES string of the molecule is COc1ccnc(OC)c1.NC(N)=O. The van der Waals surface area contributed by atoms with Gasteiger partial charge in [0.25, 0.3) is 0 Å². The van der Waals surface area contributed by atoms with Gasteiger partial charge in [-0.1, -0.05) is 0 Å². The Morgan fingerprint density at radius 2 is 1.93 bits per heavy atom. The number of pyridine rings is 1. The molecule has 0 fully saturated rings. The summed E-state index contributed by atoms with van der Waals surface area (Å²) in [5.41, 5.74) is 8.50. The number of methoxy groups -OCH3 is 2. The predicted molar refractivity (Wildman–Crippen MR) is 51.1 cm³/mol. The highest BCUT2D eigenvalue weighted by Crippen LogP contribution is 2.14. The van der Waals surface area contributed by atoms with Crippen molar-refractivity contribution < 1.29 is 14.3 Å². The molecule has 0 unspecified atom stereocenters. The number of carbonyl (C=O) groups is 1. The number of nitrogens with two attached hydrogens (primary N) is 2. The number of carbonyl (C=O) groups excluding carboxylic acids is 1. The molecule has 0 saturated heterocycles. The van der Waals surface area contributed by atoms with Crippen LogP contribution in [0.4, 0.5) is 4.79 Å². The zero-order valence-electron chi connectivity index (χ0n) is 8.06. The molecule has 2 amide bonds. The minimum absolute atomic E-state index is 0.569. The van der Waals surface area contributed by atoms with E-state index in [0.29, 0.717) is 5.88 Å². The second-order valence-corrected chi connectivity index (χ2v) is 2.14. The van der Waals surface area contributed by atoms with Crippen molar-refractivity contribution in [2.45, 2.75) is 0 Å². The van der Waals surface area contributed by atoms with E-state index < -0.39 is 6.03 Å². The van der Waals surface area contributed by atoms with Crippen LogP contribution >= 0.6 is 0 Å². The van der Waals surface area contributed by atoms with Crippen LogP contribution < -0.4 is 20.9 Å². The maximum Gasteiger partial charge on any atom is 0.309 e. The maximum atomic E-state index is 9.00. The van der Waals surface area contributed by atoms with Crippen LogP contribution in [0.3, 0.4) is 0 Å². The number of ether oxygens (including phenoxy) is 2. The van der Waals surface area contributed by atoms with Crippen LogP contribution in [0.15, 0.2) is 18.3 Å². The summed E-state index contributed by atoms with van der Waals surface area (Å²) >= 11 is 0. The van der Waals surface area contributed by atoms with E-state index in [9.17, 15) is 0 Å². The first kappa shape index (κ1) is 12.0. The van der Waals surface area contributed by atoms with E-state index in [1.807, 2.05) is 0 Å². The van der Waals surface area contributed by atoms with Gasteiger partial charge in [0.2, 0.25) is 5.88 Å². The molecule has 0 aliphatic heterocycles. The number of nitrogens with zero attached hydrogens (tertiary/aromatic N) is 1. The number of hydrogen-bond acceptors (Lipinski definition) is 4. The molecule has 0 aromatic carbocycles. The van der Waals surface area contributed by atoms with Crippen molar-refractivity contribution in [3.8, 4) is 11.6 Å². The van der Waals surface area contributed by atoms with Gasteiger partial charge < -0.3 is 20.9 Å². The van der Waals surface area contributed by atoms with Gasteiger partial charge in [0.05, 0.1) is 14.2 Å². The Morgan fingerprint density at radius 3 is 2.36 bits per heavy atom. The molecule has 0 atom stereocenters. The zero-order chi connectivity index (χ0) is 11.0. The smallest absolute Gasteiger partial charge is 0.309 e. The van der Waals surface area contributed by atoms with Gasteiger partial charge in [0.15, 0.2) is 0 Å². The number of aromatic nitrogens is 1. The predicted octanol–water partition coefficient (Wildman–Crippen LogP) is 0.123. The van der Waals surface area contributed by atoms with Crippen LogP contribution in [0.25, 0.3) is 0 Å². The molecule has 4 N–H and O–H groups in total. The topological polar surface area (TPSA) is 100 Å². The quantitative estimate of drug-likeness (QED) is 0.706. The van der Waals surface area contributed by atoms with Gasteiger partial charge in [-0.15, -0.1) is 0 Å². The van der Waals surface area contributed by atoms with E-state index in [1.54, 1.807) is 32.5 Å². The molecular formula is C8H13N3O3. The number of primary amides is 2. The second-order valence-electron chi connectivity index (χ2n) is 2.14. The zero-order valence-corrected chi connectivity index (χ0v) is 8.06. The average Bonchev–Trinajstić information content (AvgIpc) is 2.17. The third kappa shape index (κ3) is 5.64. The van der Waals surface area contributed by atoms with Crippen molar-refractivity contribution in [1.29, 1.82) is 0 Å². The standard InChI is InChI=1S/C7H9NO2.CH4N2O/c1-9-6-3-4-8-7(5-6)10-2;2-1(3)4/h3-5H,1-2H3;(H4,2,3,4). The molecular weight excluding hydrogens is 186 g/mol. The third-order valence-corrected chi connectivity index (χ3v) is 1.15. The van der Waals surface area contributed by atoms with Crippen LogP contribution in [-0.4, -0.2) is 25.2 Å². The minimum atomic E-state index is -0.833. The average molecular weight is 199 g/mol. The Balaban J connectivity index is 0.000000364. The number of amides is 2. The summed E-state index contributed by atoms with van der Waals surface area (Å²) < 4.78 is 9.80. The van der Waals surface area contributed by atoms with Crippen molar-refractivity contribution >= 4 is 6.03 Å². The molecule has 1 aromatic rings. The van der Waals surface area contributed by atoms with Gasteiger partial charge >= 0.3 is 6.03 Å². The van der Waals surface area contributed by atoms with E-state index in [-0.39, 0.29) is 0 Å². The minimum Gasteiger partial charge on any atom is -0.497 e. The summed E-state index contributed by atoms with van der Waals surface area (Å²) in [4.78, 5) is 12.9. The molecule has 14 heavy (non-hydrogen) atoms. The molecule has 0 radical (unpaired) electrons. The van der Waals surface area contributed by atoms with Gasteiger partial charge in [0, 0.05) is 12.3 Å². The molecule has 6 nitrogen and oxygen atoms in total. The van der Waals surface area contributed by atoms with Crippen LogP contribution in [0.5, 0.6) is 11.6 Å². The fourth-order valence-electron chi connectivity index (χ4n) is 0.630. The van der Waals surface area contributed by atoms with Crippen LogP contribution in [0.2, 0.25) is 0 Å². The van der Waals surface area contributed by atoms with Crippen LogP contribution in [-0.2, 0) is 0 Å². The van der Waals surface area contributed by atoms with Gasteiger partial charge in [-0.05, 0) is 6.07 Å². The molecule has 78 valence electrons. The highest BCUT2D eigenvalue weighted by Gasteiger charge is 1.93. The number of hydrogen-bond donors (Lipinski definition) is 2. The van der Waals surface area contributed by atoms with Crippen molar-refractivity contribution in [1.82, 2.24) is 4.98 Å². The lowest BCUT2D eigenvalue weighted by molar-refractivity contribution is 0.256. The lowest BCUT2D eigenvalue weighted by Crippen LogP contribution is -2.18. The van der Waals surface area contributed by atoms with Crippen molar-refractivity contribution in [3.05, 3.63) is 18.3 Å². The Labute approximate surface area is 81.8 Å². The van der Waals surface area contributed by atoms with Crippen molar-refractivity contribution in [2.75, 3.05) is 14.2 Å². The van der Waals surface area contributed by atoms with E-state index in [2.05, 4.69) is 16.5 Å². The van der Waals surface area contributed by atoms with Crippen molar-refractivity contribution in [3.63, 3.8) is 0 Å². The first-order chi connectivity index (χ1) is 6.60. The van der Waals surface area contributed by atoms with Gasteiger partial charge in [0.1, 0.15) is 5.75 Å². The first-order valence-corrected chi connectivity index (χ1v) is 3.69. The third-order valence-electron chi connectivity index (χ3n) is 1.15. The molecule has 0 aliphatic rings. The van der Waals surface area contributed by atoms with E-state index in [0.717, 1.165) is 5.75 Å².